The summed E-state index contributed by atoms with van der Waals surface area (Å²) in [5, 5.41) is 24.8. The number of nitrogens with zero attached hydrogens (tertiary/aromatic N) is 7. The summed E-state index contributed by atoms with van der Waals surface area (Å²) in [6, 6.07) is -2.24. The van der Waals surface area contributed by atoms with E-state index in [-0.39, 0.29) is 60.7 Å². The predicted octanol–water partition coefficient (Wildman–Crippen LogP) is 3.96. The molecule has 4 saturated carbocycles. The van der Waals surface area contributed by atoms with Gasteiger partial charge in [-0.3, -0.25) is 9.59 Å². The molecule has 248 valence electrons. The van der Waals surface area contributed by atoms with Crippen LogP contribution >= 0.6 is 0 Å². The second-order valence-electron chi connectivity index (χ2n) is 13.4. The lowest BCUT2D eigenvalue weighted by atomic mass is 9.41. The molecule has 0 spiro atoms. The highest BCUT2D eigenvalue weighted by Crippen LogP contribution is 2.70. The van der Waals surface area contributed by atoms with E-state index in [2.05, 4.69) is 35.3 Å². The molecule has 0 aromatic carbocycles. The van der Waals surface area contributed by atoms with Crippen molar-refractivity contribution < 1.29 is 45.7 Å². The number of aryl methyl sites for hydroxylation is 1. The van der Waals surface area contributed by atoms with E-state index in [0.717, 1.165) is 0 Å². The van der Waals surface area contributed by atoms with Crippen LogP contribution in [0.2, 0.25) is 0 Å². The number of alkyl halides is 6. The lowest BCUT2D eigenvalue weighted by Gasteiger charge is -2.65. The van der Waals surface area contributed by atoms with E-state index in [9.17, 15) is 41.0 Å². The Morgan fingerprint density at radius 1 is 1.09 bits per heavy atom. The topological polar surface area (TPSA) is 152 Å². The smallest absolute Gasteiger partial charge is 0.380 e. The molecule has 5 fully saturated rings. The van der Waals surface area contributed by atoms with Crippen molar-refractivity contribution in [3.63, 3.8) is 0 Å². The molecule has 4 heterocycles. The molecule has 3 aromatic heterocycles. The zero-order chi connectivity index (χ0) is 32.9. The lowest BCUT2D eigenvalue weighted by Crippen LogP contribution is -2.71. The van der Waals surface area contributed by atoms with Crippen LogP contribution in [-0.4, -0.2) is 81.6 Å². The number of halogens is 6. The fourth-order valence-electron chi connectivity index (χ4n) is 7.55. The largest absolute Gasteiger partial charge is 0.417 e. The van der Waals surface area contributed by atoms with Crippen molar-refractivity contribution in [1.82, 2.24) is 40.1 Å². The fraction of sp³-hybridized carbons (Fsp3) is 0.679. The maximum atomic E-state index is 14.3. The number of carbonyl (C=O) groups is 2. The Labute approximate surface area is 256 Å². The number of piperidine rings is 1. The Balaban J connectivity index is 1.21. The van der Waals surface area contributed by atoms with Gasteiger partial charge in [0.1, 0.15) is 11.4 Å². The highest BCUT2D eigenvalue weighted by atomic mass is 19.4. The monoisotopic (exact) mass is 656 g/mol. The van der Waals surface area contributed by atoms with E-state index in [0.29, 0.717) is 0 Å². The van der Waals surface area contributed by atoms with Gasteiger partial charge in [-0.2, -0.15) is 18.3 Å². The van der Waals surface area contributed by atoms with Gasteiger partial charge in [0.2, 0.25) is 11.8 Å². The molecular formula is C28H30F6N8O4. The molecule has 5 aliphatic rings. The summed E-state index contributed by atoms with van der Waals surface area (Å²) < 4.78 is 90.0. The number of rotatable bonds is 6. The Kier molecular flexibility index (Phi) is 6.75. The molecule has 4 aliphatic carbocycles. The second-order valence-corrected chi connectivity index (χ2v) is 13.4. The molecule has 2 amide bonds. The molecule has 0 unspecified atom stereocenters. The van der Waals surface area contributed by atoms with Crippen molar-refractivity contribution in [1.29, 1.82) is 0 Å². The molecule has 2 N–H and O–H groups in total. The summed E-state index contributed by atoms with van der Waals surface area (Å²) >= 11 is 0. The van der Waals surface area contributed by atoms with Crippen LogP contribution in [0.4, 0.5) is 26.3 Å². The Bertz CT molecular complexity index is 1680. The number of nitrogens with one attached hydrogen (secondary N) is 1. The minimum Gasteiger partial charge on any atom is -0.380 e. The number of hydrogen-bond donors (Lipinski definition) is 2. The molecule has 1 aliphatic heterocycles. The van der Waals surface area contributed by atoms with Crippen LogP contribution in [0.1, 0.15) is 97.4 Å². The van der Waals surface area contributed by atoms with Crippen LogP contribution in [0.5, 0.6) is 0 Å². The average molecular weight is 657 g/mol. The highest BCUT2D eigenvalue weighted by molar-refractivity contribution is 5.93. The van der Waals surface area contributed by atoms with Crippen molar-refractivity contribution in [3.8, 4) is 0 Å². The first-order chi connectivity index (χ1) is 21.5. The molecule has 0 radical (unpaired) electrons. The normalized spacial score (nSPS) is 31.7. The third-order valence-electron chi connectivity index (χ3n) is 10.2. The molecule has 2 bridgehead atoms. The van der Waals surface area contributed by atoms with E-state index in [1.165, 1.54) is 28.7 Å². The number of likely N-dealkylation sites (tertiary alicyclic amines) is 1. The lowest BCUT2D eigenvalue weighted by molar-refractivity contribution is -0.280. The van der Waals surface area contributed by atoms with Gasteiger partial charge in [-0.05, 0) is 50.1 Å². The molecule has 3 aromatic rings. The third-order valence-corrected chi connectivity index (χ3v) is 10.2. The van der Waals surface area contributed by atoms with Crippen molar-refractivity contribution >= 4 is 17.6 Å². The second kappa shape index (κ2) is 10.1. The summed E-state index contributed by atoms with van der Waals surface area (Å²) in [7, 11) is 0. The third kappa shape index (κ3) is 4.99. The zero-order valence-corrected chi connectivity index (χ0v) is 24.5. The Morgan fingerprint density at radius 3 is 2.39 bits per heavy atom. The molecule has 3 atom stereocenters. The number of aliphatic hydroxyl groups is 1. The van der Waals surface area contributed by atoms with Gasteiger partial charge < -0.3 is 15.3 Å². The van der Waals surface area contributed by atoms with Gasteiger partial charge in [-0.15, -0.1) is 0 Å². The van der Waals surface area contributed by atoms with Crippen molar-refractivity contribution in [2.45, 2.75) is 100 Å². The number of imidazole rings is 1. The van der Waals surface area contributed by atoms with E-state index in [1.807, 2.05) is 0 Å². The van der Waals surface area contributed by atoms with Crippen LogP contribution in [0, 0.1) is 18.3 Å². The van der Waals surface area contributed by atoms with Gasteiger partial charge in [0.25, 0.3) is 11.7 Å². The van der Waals surface area contributed by atoms with Gasteiger partial charge in [0, 0.05) is 32.2 Å². The van der Waals surface area contributed by atoms with E-state index in [4.69, 9.17) is 0 Å². The van der Waals surface area contributed by atoms with Crippen LogP contribution in [0.3, 0.4) is 0 Å². The number of carbonyl (C=O) groups excluding carboxylic acids is 2. The fourth-order valence-corrected chi connectivity index (χ4v) is 7.55. The predicted molar refractivity (Wildman–Crippen MR) is 142 cm³/mol. The van der Waals surface area contributed by atoms with Crippen LogP contribution in [0.25, 0.3) is 5.78 Å². The minimum atomic E-state index is -4.99. The Hall–Kier alpha value is -3.83. The standard InChI is InChI=1S/C28H30F6N8O4/c1-14-19(40-46-39-14)21(43)38-20(15-2-4-27(30,31)5-3-15)17-10-42-23(37-17)36-16(9-35-42)18-8-26(45,28(32,33)34)6-7-41(18)22(44)24-11-25(29,12-24)13-24/h9-10,15,18,20,45H,2-8,11-13H2,1H3,(H,38,43)/t18-,20-,24?,25?,26+/m0/s1. The molecule has 12 nitrogen and oxygen atoms in total. The quantitative estimate of drug-likeness (QED) is 0.376. The van der Waals surface area contributed by atoms with E-state index >= 15 is 0 Å². The maximum Gasteiger partial charge on any atom is 0.417 e. The average Bonchev–Trinajstić information content (AvgIpc) is 3.58. The van der Waals surface area contributed by atoms with E-state index < -0.39 is 90.8 Å². The van der Waals surface area contributed by atoms with Crippen molar-refractivity contribution in [3.05, 3.63) is 35.2 Å². The summed E-state index contributed by atoms with van der Waals surface area (Å²) in [5.41, 5.74) is -5.24. The first-order valence-electron chi connectivity index (χ1n) is 15.0. The van der Waals surface area contributed by atoms with Crippen molar-refractivity contribution in [2.75, 3.05) is 6.54 Å². The molecule has 18 heteroatoms. The number of hydrogen-bond acceptors (Lipinski definition) is 9. The van der Waals surface area contributed by atoms with Crippen LogP contribution in [-0.2, 0) is 4.79 Å². The van der Waals surface area contributed by atoms with Gasteiger partial charge in [-0.25, -0.2) is 32.3 Å². The molecule has 8 rings (SSSR count). The van der Waals surface area contributed by atoms with Gasteiger partial charge in [0.15, 0.2) is 11.3 Å². The van der Waals surface area contributed by atoms with Gasteiger partial charge in [-0.1, -0.05) is 5.16 Å². The van der Waals surface area contributed by atoms with Crippen LogP contribution in [0.15, 0.2) is 17.0 Å². The molecular weight excluding hydrogens is 626 g/mol. The number of aromatic nitrogens is 6. The minimum absolute atomic E-state index is 0.00403. The van der Waals surface area contributed by atoms with Crippen molar-refractivity contribution in [2.24, 2.45) is 11.3 Å². The van der Waals surface area contributed by atoms with E-state index in [1.54, 1.807) is 0 Å². The van der Waals surface area contributed by atoms with Gasteiger partial charge in [0.05, 0.1) is 41.3 Å². The summed E-state index contributed by atoms with van der Waals surface area (Å²) in [6.07, 6.45) is -4.72. The first kappa shape index (κ1) is 30.8. The summed E-state index contributed by atoms with van der Waals surface area (Å²) in [5.74, 6) is -4.56. The van der Waals surface area contributed by atoms with Crippen LogP contribution < -0.4 is 5.32 Å². The summed E-state index contributed by atoms with van der Waals surface area (Å²) in [4.78, 5) is 36.7. The first-order valence-corrected chi connectivity index (χ1v) is 15.0. The number of fused-ring (bicyclic) bond motifs is 1. The highest BCUT2D eigenvalue weighted by Gasteiger charge is 2.74. The zero-order valence-electron chi connectivity index (χ0n) is 24.5. The summed E-state index contributed by atoms with van der Waals surface area (Å²) in [6.45, 7) is 1.08. The molecule has 46 heavy (non-hydrogen) atoms. The van der Waals surface area contributed by atoms with Gasteiger partial charge >= 0.3 is 6.18 Å². The maximum absolute atomic E-state index is 14.3. The Morgan fingerprint density at radius 2 is 1.78 bits per heavy atom. The molecule has 1 saturated heterocycles. The SMILES string of the molecule is Cc1nonc1C(=O)N[C@H](c1cn2ncc([C@@H]3C[C@@](O)(C(F)(F)F)CCN3C(=O)C34CC(F)(C3)C4)nc2n1)C1CCC(F)(F)CC1. The number of amides is 2.